The van der Waals surface area contributed by atoms with Crippen LogP contribution in [0.15, 0.2) is 68.8 Å². The number of primary amides is 2. The second-order valence-corrected chi connectivity index (χ2v) is 11.6. The first-order valence-corrected chi connectivity index (χ1v) is 14.1. The van der Waals surface area contributed by atoms with Gasteiger partial charge in [-0.05, 0) is 66.0 Å². The van der Waals surface area contributed by atoms with E-state index in [2.05, 4.69) is 72.7 Å². The molecule has 0 bridgehead atoms. The lowest BCUT2D eigenvalue weighted by Gasteiger charge is -1.89. The Kier molecular flexibility index (Phi) is 8.90. The third kappa shape index (κ3) is 6.58. The number of Topliss-reactive ketones (excluding diaryl/α,β-unsaturated/α-hetero) is 1. The Morgan fingerprint density at radius 3 is 1.64 bits per heavy atom. The van der Waals surface area contributed by atoms with Gasteiger partial charge in [-0.1, -0.05) is 0 Å². The maximum atomic E-state index is 11.1. The number of carbonyl (C=O) groups excluding carboxylic acids is 3. The molecule has 6 heterocycles. The van der Waals surface area contributed by atoms with Crippen molar-refractivity contribution in [3.63, 3.8) is 0 Å². The number of hydrogen-bond donors (Lipinski definition) is 4. The second-order valence-electron chi connectivity index (χ2n) is 7.96. The van der Waals surface area contributed by atoms with E-state index in [0.29, 0.717) is 16.3 Å². The van der Waals surface area contributed by atoms with Crippen LogP contribution in [-0.2, 0) is 0 Å². The Morgan fingerprint density at radius 1 is 0.692 bits per heavy atom. The van der Waals surface area contributed by atoms with E-state index in [4.69, 9.17) is 11.5 Å². The maximum Gasteiger partial charge on any atom is 0.265 e. The summed E-state index contributed by atoms with van der Waals surface area (Å²) in [4.78, 5) is 51.1. The molecule has 2 amide bonds. The highest BCUT2D eigenvalue weighted by atomic mass is 79.9. The molecule has 39 heavy (non-hydrogen) atoms. The predicted octanol–water partition coefficient (Wildman–Crippen LogP) is 6.11. The highest BCUT2D eigenvalue weighted by Crippen LogP contribution is 2.30. The average Bonchev–Trinajstić information content (AvgIpc) is 3.63. The van der Waals surface area contributed by atoms with E-state index < -0.39 is 11.8 Å². The van der Waals surface area contributed by atoms with Gasteiger partial charge in [-0.25, -0.2) is 0 Å². The lowest BCUT2D eigenvalue weighted by molar-refractivity contribution is 0.0990. The van der Waals surface area contributed by atoms with Crippen LogP contribution in [0.3, 0.4) is 0 Å². The summed E-state index contributed by atoms with van der Waals surface area (Å²) in [7, 11) is 0. The van der Waals surface area contributed by atoms with Crippen molar-refractivity contribution < 1.29 is 14.4 Å². The molecule has 0 unspecified atom stereocenters. The van der Waals surface area contributed by atoms with Crippen LogP contribution in [0.25, 0.3) is 31.9 Å². The van der Waals surface area contributed by atoms with Crippen molar-refractivity contribution in [2.24, 2.45) is 11.5 Å². The molecule has 6 aromatic rings. The zero-order valence-electron chi connectivity index (χ0n) is 20.0. The monoisotopic (exact) mass is 733 g/mol. The van der Waals surface area contributed by atoms with Gasteiger partial charge in [0.2, 0.25) is 0 Å². The van der Waals surface area contributed by atoms with Crippen LogP contribution < -0.4 is 11.5 Å². The minimum absolute atomic E-state index is 0.0306. The molecule has 198 valence electrons. The molecule has 0 saturated heterocycles. The first-order chi connectivity index (χ1) is 18.5. The summed E-state index contributed by atoms with van der Waals surface area (Å²) >= 11 is 11.4. The quantitative estimate of drug-likeness (QED) is 0.160. The number of H-pyrrole nitrogens is 2. The molecule has 0 radical (unpaired) electrons. The summed E-state index contributed by atoms with van der Waals surface area (Å²) in [6.45, 7) is 1.53. The Labute approximate surface area is 250 Å². The normalized spacial score (nSPS) is 10.6. The molecule has 6 rings (SSSR count). The van der Waals surface area contributed by atoms with Crippen molar-refractivity contribution in [2.75, 3.05) is 0 Å². The van der Waals surface area contributed by atoms with Gasteiger partial charge >= 0.3 is 0 Å². The number of carbonyl (C=O) groups is 3. The van der Waals surface area contributed by atoms with Crippen LogP contribution in [0.4, 0.5) is 0 Å². The smallest absolute Gasteiger partial charge is 0.265 e. The van der Waals surface area contributed by atoms with Crippen molar-refractivity contribution in [1.82, 2.24) is 24.9 Å². The number of halogens is 3. The maximum absolute atomic E-state index is 11.1. The fraction of sp³-hybridized carbons (Fsp3) is 0.0400. The molecule has 0 spiro atoms. The number of amides is 2. The molecule has 0 saturated carbocycles. The number of ketones is 1. The van der Waals surface area contributed by atoms with Crippen LogP contribution in [0.2, 0.25) is 0 Å². The van der Waals surface area contributed by atoms with E-state index in [1.54, 1.807) is 49.3 Å². The fourth-order valence-electron chi connectivity index (χ4n) is 3.40. The third-order valence-electron chi connectivity index (χ3n) is 5.28. The summed E-state index contributed by atoms with van der Waals surface area (Å²) in [6, 6.07) is 5.29. The van der Waals surface area contributed by atoms with E-state index in [1.807, 2.05) is 6.07 Å². The number of rotatable bonds is 3. The topological polar surface area (TPSA) is 174 Å². The molecule has 0 aromatic carbocycles. The number of pyridine rings is 3. The molecule has 0 aliphatic rings. The number of nitrogens with two attached hydrogens (primary N) is 2. The van der Waals surface area contributed by atoms with E-state index in [1.165, 1.54) is 18.3 Å². The molecule has 6 N–H and O–H groups in total. The van der Waals surface area contributed by atoms with E-state index >= 15 is 0 Å². The summed E-state index contributed by atoms with van der Waals surface area (Å²) in [5, 5.41) is 2.87. The number of nitrogens with zero attached hydrogens (tertiary/aromatic N) is 3. The lowest BCUT2D eigenvalue weighted by atomic mass is 10.3. The number of aromatic nitrogens is 5. The third-order valence-corrected chi connectivity index (χ3v) is 8.26. The Hall–Kier alpha value is -3.46. The van der Waals surface area contributed by atoms with Crippen molar-refractivity contribution in [2.45, 2.75) is 6.92 Å². The fourth-order valence-corrected chi connectivity index (χ4v) is 5.78. The Balaban J connectivity index is 0.000000136. The number of nitrogens with one attached hydrogen (secondary N) is 2. The van der Waals surface area contributed by atoms with E-state index in [-0.39, 0.29) is 5.78 Å². The average molecular weight is 736 g/mol. The molecule has 0 atom stereocenters. The number of fused-ring (bicyclic) bond motifs is 3. The molecule has 0 aliphatic carbocycles. The van der Waals surface area contributed by atoms with Gasteiger partial charge in [0, 0.05) is 61.3 Å². The number of thiophene rings is 1. The summed E-state index contributed by atoms with van der Waals surface area (Å²) in [5.41, 5.74) is 13.0. The standard InChI is InChI=1S/C9H7BrN2O.C8H6BrN3O.C8H5BrN2OS/c1-5(13)8-2-6-7(10)3-11-4-9(6)12-8;9-5-2-11-3-7-4(5)1-6(12-7)8(10)13;9-5-2-11-3-7-4(5)1-6(13-7)8(10)12/h2-4,12H,1H3;1-3,12H,(H2,10,13);1-3H,(H2,10,12). The zero-order chi connectivity index (χ0) is 28.3. The highest BCUT2D eigenvalue weighted by molar-refractivity contribution is 9.11. The molecular weight excluding hydrogens is 718 g/mol. The second kappa shape index (κ2) is 12.2. The van der Waals surface area contributed by atoms with Crippen LogP contribution in [0, 0.1) is 0 Å². The first-order valence-electron chi connectivity index (χ1n) is 10.9. The van der Waals surface area contributed by atoms with Gasteiger partial charge in [0.25, 0.3) is 11.8 Å². The molecule has 10 nitrogen and oxygen atoms in total. The van der Waals surface area contributed by atoms with Crippen LogP contribution in [-0.4, -0.2) is 42.5 Å². The minimum atomic E-state index is -0.469. The van der Waals surface area contributed by atoms with Gasteiger partial charge in [0.15, 0.2) is 5.78 Å². The van der Waals surface area contributed by atoms with E-state index in [0.717, 1.165) is 45.3 Å². The summed E-state index contributed by atoms with van der Waals surface area (Å²) in [5.74, 6) is -0.834. The van der Waals surface area contributed by atoms with Crippen molar-refractivity contribution >= 4 is 109 Å². The highest BCUT2D eigenvalue weighted by Gasteiger charge is 2.09. The van der Waals surface area contributed by atoms with Gasteiger partial charge in [-0.3, -0.25) is 29.3 Å². The van der Waals surface area contributed by atoms with Crippen LogP contribution in [0.1, 0.15) is 37.6 Å². The SMILES string of the molecule is CC(=O)c1cc2c(Br)cncc2[nH]1.NC(=O)c1cc2c(Br)cncc2[nH]1.NC(=O)c1cc2c(Br)cncc2s1. The first kappa shape index (κ1) is 28.5. The van der Waals surface area contributed by atoms with Crippen LogP contribution >= 0.6 is 59.1 Å². The molecule has 0 fully saturated rings. The van der Waals surface area contributed by atoms with Crippen LogP contribution in [0.5, 0.6) is 0 Å². The number of aromatic amines is 2. The van der Waals surface area contributed by atoms with Crippen molar-refractivity contribution in [3.05, 3.63) is 85.1 Å². The lowest BCUT2D eigenvalue weighted by Crippen LogP contribution is -2.10. The van der Waals surface area contributed by atoms with Gasteiger partial charge in [-0.2, -0.15) is 0 Å². The minimum Gasteiger partial charge on any atom is -0.365 e. The molecular formula is C25H18Br3N7O3S. The largest absolute Gasteiger partial charge is 0.365 e. The summed E-state index contributed by atoms with van der Waals surface area (Å²) in [6.07, 6.45) is 10.1. The Morgan fingerprint density at radius 2 is 1.18 bits per heavy atom. The molecule has 0 aliphatic heterocycles. The van der Waals surface area contributed by atoms with Crippen molar-refractivity contribution in [3.8, 4) is 0 Å². The summed E-state index contributed by atoms with van der Waals surface area (Å²) < 4.78 is 3.58. The van der Waals surface area contributed by atoms with Gasteiger partial charge in [-0.15, -0.1) is 11.3 Å². The predicted molar refractivity (Wildman–Crippen MR) is 162 cm³/mol. The van der Waals surface area contributed by atoms with Gasteiger partial charge in [0.1, 0.15) is 5.69 Å². The van der Waals surface area contributed by atoms with E-state index in [9.17, 15) is 14.4 Å². The molecule has 6 aromatic heterocycles. The van der Waals surface area contributed by atoms with Gasteiger partial charge in [0.05, 0.1) is 38.7 Å². The van der Waals surface area contributed by atoms with Gasteiger partial charge < -0.3 is 21.4 Å². The zero-order valence-corrected chi connectivity index (χ0v) is 25.5. The van der Waals surface area contributed by atoms with Crippen molar-refractivity contribution in [1.29, 1.82) is 0 Å². The molecule has 14 heteroatoms. The Bertz CT molecular complexity index is 1650. The number of hydrogen-bond acceptors (Lipinski definition) is 7.